The van der Waals surface area contributed by atoms with E-state index in [1.54, 1.807) is 11.8 Å². The molecule has 5 heteroatoms. The summed E-state index contributed by atoms with van der Waals surface area (Å²) in [4.78, 5) is 24.1. The molecule has 0 heterocycles. The number of carboxylic acids is 1. The third-order valence-electron chi connectivity index (χ3n) is 3.37. The van der Waals surface area contributed by atoms with E-state index in [-0.39, 0.29) is 23.9 Å². The van der Waals surface area contributed by atoms with Crippen molar-refractivity contribution in [3.63, 3.8) is 0 Å². The molecule has 1 saturated carbocycles. The van der Waals surface area contributed by atoms with Gasteiger partial charge in [-0.3, -0.25) is 4.79 Å². The van der Waals surface area contributed by atoms with Crippen LogP contribution in [0.4, 0.5) is 4.79 Å². The number of rotatable bonds is 6. The van der Waals surface area contributed by atoms with Crippen LogP contribution < -0.4 is 5.32 Å². The van der Waals surface area contributed by atoms with Gasteiger partial charge in [0, 0.05) is 19.1 Å². The van der Waals surface area contributed by atoms with E-state index in [4.69, 9.17) is 5.11 Å². The van der Waals surface area contributed by atoms with E-state index in [2.05, 4.69) is 12.2 Å². The Balaban J connectivity index is 2.42. The number of aliphatic carboxylic acids is 1. The summed E-state index contributed by atoms with van der Waals surface area (Å²) in [5.74, 6) is -0.877. The number of nitrogens with zero attached hydrogens (tertiary/aromatic N) is 1. The second-order valence-corrected chi connectivity index (χ2v) is 5.20. The Morgan fingerprint density at radius 2 is 2.06 bits per heavy atom. The fourth-order valence-electron chi connectivity index (χ4n) is 1.80. The van der Waals surface area contributed by atoms with E-state index in [0.29, 0.717) is 13.1 Å². The van der Waals surface area contributed by atoms with Gasteiger partial charge in [0.15, 0.2) is 0 Å². The van der Waals surface area contributed by atoms with Crippen LogP contribution in [-0.4, -0.2) is 41.1 Å². The molecule has 1 rings (SSSR count). The van der Waals surface area contributed by atoms with Crippen LogP contribution in [0.25, 0.3) is 0 Å². The average Bonchev–Trinajstić information content (AvgIpc) is 2.94. The van der Waals surface area contributed by atoms with Crippen molar-refractivity contribution >= 4 is 12.0 Å². The average molecular weight is 242 g/mol. The van der Waals surface area contributed by atoms with Gasteiger partial charge in [-0.2, -0.15) is 0 Å². The van der Waals surface area contributed by atoms with Crippen LogP contribution in [0.2, 0.25) is 0 Å². The van der Waals surface area contributed by atoms with Crippen molar-refractivity contribution < 1.29 is 14.7 Å². The molecule has 0 aromatic carbocycles. The fraction of sp³-hybridized carbons (Fsp3) is 0.833. The van der Waals surface area contributed by atoms with Gasteiger partial charge in [0.2, 0.25) is 0 Å². The molecule has 0 radical (unpaired) electrons. The van der Waals surface area contributed by atoms with Gasteiger partial charge >= 0.3 is 12.0 Å². The zero-order chi connectivity index (χ0) is 13.1. The molecule has 0 spiro atoms. The number of carbonyl (C=O) groups excluding carboxylic acids is 1. The zero-order valence-corrected chi connectivity index (χ0v) is 10.8. The highest BCUT2D eigenvalue weighted by molar-refractivity contribution is 5.76. The lowest BCUT2D eigenvalue weighted by Crippen LogP contribution is -2.46. The summed E-state index contributed by atoms with van der Waals surface area (Å²) in [6.45, 7) is 6.97. The Labute approximate surface area is 102 Å². The first-order valence-electron chi connectivity index (χ1n) is 6.14. The molecular formula is C12H22N2O3. The summed E-state index contributed by atoms with van der Waals surface area (Å²) < 4.78 is 0. The van der Waals surface area contributed by atoms with Gasteiger partial charge < -0.3 is 15.3 Å². The van der Waals surface area contributed by atoms with Gasteiger partial charge in [-0.1, -0.05) is 6.92 Å². The van der Waals surface area contributed by atoms with Gasteiger partial charge in [0.05, 0.1) is 6.42 Å². The Kier molecular flexibility index (Phi) is 4.37. The smallest absolute Gasteiger partial charge is 0.317 e. The van der Waals surface area contributed by atoms with Crippen LogP contribution in [0.15, 0.2) is 0 Å². The molecule has 1 atom stereocenters. The molecule has 0 aromatic rings. The minimum Gasteiger partial charge on any atom is -0.481 e. The lowest BCUT2D eigenvalue weighted by Gasteiger charge is -2.27. The third-order valence-corrected chi connectivity index (χ3v) is 3.37. The summed E-state index contributed by atoms with van der Waals surface area (Å²) in [5.41, 5.74) is 0.269. The normalized spacial score (nSPS) is 18.3. The number of carbonyl (C=O) groups is 2. The molecule has 17 heavy (non-hydrogen) atoms. The highest BCUT2D eigenvalue weighted by atomic mass is 16.4. The Hall–Kier alpha value is -1.26. The van der Waals surface area contributed by atoms with Crippen molar-refractivity contribution in [1.82, 2.24) is 10.2 Å². The number of hydrogen-bond donors (Lipinski definition) is 2. The van der Waals surface area contributed by atoms with Crippen molar-refractivity contribution in [2.45, 2.75) is 46.1 Å². The molecule has 2 N–H and O–H groups in total. The molecule has 0 aliphatic heterocycles. The molecule has 98 valence electrons. The van der Waals surface area contributed by atoms with Crippen molar-refractivity contribution in [2.75, 3.05) is 13.1 Å². The van der Waals surface area contributed by atoms with Gasteiger partial charge in [0.25, 0.3) is 0 Å². The van der Waals surface area contributed by atoms with Gasteiger partial charge in [-0.15, -0.1) is 0 Å². The molecule has 0 bridgehead atoms. The maximum atomic E-state index is 11.9. The second kappa shape index (κ2) is 5.38. The first-order chi connectivity index (χ1) is 7.88. The van der Waals surface area contributed by atoms with Gasteiger partial charge in [-0.05, 0) is 32.1 Å². The minimum absolute atomic E-state index is 0.0153. The summed E-state index contributed by atoms with van der Waals surface area (Å²) in [6.07, 6.45) is 2.30. The monoisotopic (exact) mass is 242 g/mol. The van der Waals surface area contributed by atoms with Crippen molar-refractivity contribution in [3.8, 4) is 0 Å². The summed E-state index contributed by atoms with van der Waals surface area (Å²) >= 11 is 0. The van der Waals surface area contributed by atoms with E-state index in [0.717, 1.165) is 12.8 Å². The number of nitrogens with one attached hydrogen (secondary N) is 1. The van der Waals surface area contributed by atoms with Gasteiger partial charge in [-0.25, -0.2) is 4.79 Å². The highest BCUT2D eigenvalue weighted by Gasteiger charge is 2.37. The SMILES string of the molecule is CCN(C(=O)NCC1(C)CC1)C(C)CC(=O)O. The number of urea groups is 1. The first-order valence-corrected chi connectivity index (χ1v) is 6.14. The van der Waals surface area contributed by atoms with Crippen molar-refractivity contribution in [1.29, 1.82) is 0 Å². The standard InChI is InChI=1S/C12H22N2O3/c1-4-14(9(2)7-10(15)16)11(17)13-8-12(3)5-6-12/h9H,4-8H2,1-3H3,(H,13,17)(H,15,16). The molecule has 2 amide bonds. The zero-order valence-electron chi connectivity index (χ0n) is 10.8. The van der Waals surface area contributed by atoms with E-state index >= 15 is 0 Å². The summed E-state index contributed by atoms with van der Waals surface area (Å²) in [6, 6.07) is -0.432. The van der Waals surface area contributed by atoms with Crippen LogP contribution in [0.5, 0.6) is 0 Å². The number of amides is 2. The van der Waals surface area contributed by atoms with Crippen LogP contribution in [0, 0.1) is 5.41 Å². The predicted octanol–water partition coefficient (Wildman–Crippen LogP) is 1.68. The molecule has 0 aromatic heterocycles. The Morgan fingerprint density at radius 3 is 2.47 bits per heavy atom. The number of carboxylic acid groups (broad SMARTS) is 1. The maximum Gasteiger partial charge on any atom is 0.317 e. The molecule has 1 aliphatic rings. The summed E-state index contributed by atoms with van der Waals surface area (Å²) in [7, 11) is 0. The minimum atomic E-state index is -0.877. The first kappa shape index (κ1) is 13.8. The molecule has 0 saturated heterocycles. The largest absolute Gasteiger partial charge is 0.481 e. The molecule has 1 aliphatic carbocycles. The molecule has 5 nitrogen and oxygen atoms in total. The number of hydrogen-bond acceptors (Lipinski definition) is 2. The van der Waals surface area contributed by atoms with Crippen molar-refractivity contribution in [3.05, 3.63) is 0 Å². The lowest BCUT2D eigenvalue weighted by molar-refractivity contribution is -0.138. The highest BCUT2D eigenvalue weighted by Crippen LogP contribution is 2.44. The van der Waals surface area contributed by atoms with E-state index < -0.39 is 5.97 Å². The quantitative estimate of drug-likeness (QED) is 0.744. The van der Waals surface area contributed by atoms with Crippen LogP contribution in [-0.2, 0) is 4.79 Å². The van der Waals surface area contributed by atoms with Crippen LogP contribution in [0.1, 0.15) is 40.0 Å². The van der Waals surface area contributed by atoms with Crippen molar-refractivity contribution in [2.24, 2.45) is 5.41 Å². The third kappa shape index (κ3) is 4.24. The topological polar surface area (TPSA) is 69.6 Å². The van der Waals surface area contributed by atoms with Crippen LogP contribution >= 0.6 is 0 Å². The lowest BCUT2D eigenvalue weighted by atomic mass is 10.1. The maximum absolute atomic E-state index is 11.9. The Morgan fingerprint density at radius 1 is 1.47 bits per heavy atom. The predicted molar refractivity (Wildman–Crippen MR) is 64.8 cm³/mol. The Bertz CT molecular complexity index is 300. The second-order valence-electron chi connectivity index (χ2n) is 5.20. The van der Waals surface area contributed by atoms with E-state index in [9.17, 15) is 9.59 Å². The molecular weight excluding hydrogens is 220 g/mol. The molecule has 1 unspecified atom stereocenters. The van der Waals surface area contributed by atoms with E-state index in [1.165, 1.54) is 0 Å². The summed E-state index contributed by atoms with van der Waals surface area (Å²) in [5, 5.41) is 11.6. The molecule has 1 fully saturated rings. The fourth-order valence-corrected chi connectivity index (χ4v) is 1.80. The van der Waals surface area contributed by atoms with Gasteiger partial charge in [0.1, 0.15) is 0 Å². The van der Waals surface area contributed by atoms with E-state index in [1.807, 2.05) is 6.92 Å². The van der Waals surface area contributed by atoms with Crippen LogP contribution in [0.3, 0.4) is 0 Å².